The number of ether oxygens (including phenoxy) is 1. The van der Waals surface area contributed by atoms with Crippen molar-refractivity contribution in [3.8, 4) is 5.75 Å². The number of nitrogens with zero attached hydrogens (tertiary/aromatic N) is 1. The van der Waals surface area contributed by atoms with Crippen LogP contribution in [0.3, 0.4) is 0 Å². The zero-order chi connectivity index (χ0) is 15.4. The summed E-state index contributed by atoms with van der Waals surface area (Å²) >= 11 is 0. The molecule has 0 aromatic heterocycles. The Balaban J connectivity index is 2.19. The van der Waals surface area contributed by atoms with Crippen LogP contribution >= 0.6 is 0 Å². The van der Waals surface area contributed by atoms with Gasteiger partial charge in [0.1, 0.15) is 18.1 Å². The minimum atomic E-state index is -1.51. The molecule has 0 fully saturated rings. The van der Waals surface area contributed by atoms with E-state index < -0.39 is 12.3 Å². The number of fused-ring (bicyclic) bond motifs is 1. The first-order valence-electron chi connectivity index (χ1n) is 6.84. The summed E-state index contributed by atoms with van der Waals surface area (Å²) in [7, 11) is 1.58. The summed E-state index contributed by atoms with van der Waals surface area (Å²) in [6, 6.07) is 4.82. The van der Waals surface area contributed by atoms with E-state index in [2.05, 4.69) is 0 Å². The molecule has 1 aromatic carbocycles. The molecule has 0 bridgehead atoms. The lowest BCUT2D eigenvalue weighted by molar-refractivity contribution is -0.139. The van der Waals surface area contributed by atoms with Gasteiger partial charge in [0, 0.05) is 19.4 Å². The van der Waals surface area contributed by atoms with Gasteiger partial charge in [0.25, 0.3) is 0 Å². The van der Waals surface area contributed by atoms with Crippen LogP contribution in [0, 0.1) is 0 Å². The average Bonchev–Trinajstić information content (AvgIpc) is 2.50. The molecule has 0 saturated carbocycles. The molecule has 0 aliphatic carbocycles. The lowest BCUT2D eigenvalue weighted by Crippen LogP contribution is -2.41. The third-order valence-electron chi connectivity index (χ3n) is 3.69. The maximum absolute atomic E-state index is 12.1. The normalized spacial score (nSPS) is 17.5. The van der Waals surface area contributed by atoms with E-state index in [-0.39, 0.29) is 18.7 Å². The van der Waals surface area contributed by atoms with E-state index in [4.69, 9.17) is 14.9 Å². The predicted octanol–water partition coefficient (Wildman–Crippen LogP) is 0.411. The molecule has 0 saturated heterocycles. The van der Waals surface area contributed by atoms with E-state index in [9.17, 15) is 9.59 Å². The predicted molar refractivity (Wildman–Crippen MR) is 74.7 cm³/mol. The van der Waals surface area contributed by atoms with Crippen LogP contribution in [0.4, 0.5) is 0 Å². The van der Waals surface area contributed by atoms with E-state index in [0.717, 1.165) is 23.2 Å². The summed E-state index contributed by atoms with van der Waals surface area (Å²) in [5, 5.41) is 17.7. The Labute approximate surface area is 122 Å². The van der Waals surface area contributed by atoms with Crippen molar-refractivity contribution in [2.24, 2.45) is 0 Å². The minimum Gasteiger partial charge on any atom is -0.497 e. The Kier molecular flexibility index (Phi) is 4.93. The fourth-order valence-electron chi connectivity index (χ4n) is 2.58. The largest absolute Gasteiger partial charge is 0.497 e. The fourth-order valence-corrected chi connectivity index (χ4v) is 2.58. The number of hydrogen-bond acceptors (Lipinski definition) is 5. The summed E-state index contributed by atoms with van der Waals surface area (Å²) in [6.07, 6.45) is -0.142. The number of methoxy groups -OCH3 is 1. The highest BCUT2D eigenvalue weighted by atomic mass is 16.5. The smallest absolute Gasteiger partial charge is 0.223 e. The number of aliphatic hydroxyl groups excluding tert-OH is 1. The lowest BCUT2D eigenvalue weighted by Gasteiger charge is -2.34. The molecule has 6 heteroatoms. The SMILES string of the molecule is COc1ccc2c(c1)CCN(C(=O)CCC(O)O)[C@H]2C=O. The number of amides is 1. The van der Waals surface area contributed by atoms with Crippen molar-refractivity contribution in [1.82, 2.24) is 4.90 Å². The molecule has 1 aliphatic heterocycles. The van der Waals surface area contributed by atoms with Crippen molar-refractivity contribution in [1.29, 1.82) is 0 Å². The zero-order valence-electron chi connectivity index (χ0n) is 11.9. The van der Waals surface area contributed by atoms with E-state index in [1.807, 2.05) is 6.07 Å². The summed E-state index contributed by atoms with van der Waals surface area (Å²) in [6.45, 7) is 0.434. The van der Waals surface area contributed by atoms with Gasteiger partial charge in [-0.05, 0) is 29.7 Å². The van der Waals surface area contributed by atoms with E-state index in [1.54, 1.807) is 19.2 Å². The van der Waals surface area contributed by atoms with Crippen molar-refractivity contribution in [2.75, 3.05) is 13.7 Å². The first-order valence-corrected chi connectivity index (χ1v) is 6.84. The Morgan fingerprint density at radius 2 is 2.29 bits per heavy atom. The fraction of sp³-hybridized carbons (Fsp3) is 0.467. The molecule has 1 atom stereocenters. The standard InChI is InChI=1S/C15H19NO5/c1-21-11-2-3-12-10(8-11)6-7-16(13(12)9-17)14(18)4-5-15(19)20/h2-3,8-9,13,15,19-20H,4-7H2,1H3/t13-/m0/s1. The molecule has 2 N–H and O–H groups in total. The molecular weight excluding hydrogens is 274 g/mol. The van der Waals surface area contributed by atoms with Gasteiger partial charge in [-0.3, -0.25) is 4.79 Å². The van der Waals surface area contributed by atoms with E-state index in [1.165, 1.54) is 4.90 Å². The molecule has 1 aliphatic rings. The van der Waals surface area contributed by atoms with Crippen molar-refractivity contribution in [3.05, 3.63) is 29.3 Å². The summed E-state index contributed by atoms with van der Waals surface area (Å²) in [5.74, 6) is 0.475. The Morgan fingerprint density at radius 3 is 2.90 bits per heavy atom. The van der Waals surface area contributed by atoms with Crippen LogP contribution in [0.15, 0.2) is 18.2 Å². The Morgan fingerprint density at radius 1 is 1.52 bits per heavy atom. The van der Waals surface area contributed by atoms with Crippen molar-refractivity contribution in [2.45, 2.75) is 31.6 Å². The van der Waals surface area contributed by atoms with Crippen molar-refractivity contribution < 1.29 is 24.5 Å². The average molecular weight is 293 g/mol. The van der Waals surface area contributed by atoms with E-state index in [0.29, 0.717) is 13.0 Å². The number of aliphatic hydroxyl groups is 2. The molecule has 2 rings (SSSR count). The molecule has 0 spiro atoms. The van der Waals surface area contributed by atoms with Gasteiger partial charge >= 0.3 is 0 Å². The topological polar surface area (TPSA) is 87.1 Å². The molecule has 1 aromatic rings. The van der Waals surface area contributed by atoms with E-state index >= 15 is 0 Å². The first kappa shape index (κ1) is 15.5. The number of carbonyl (C=O) groups excluding carboxylic acids is 2. The number of carbonyl (C=O) groups is 2. The monoisotopic (exact) mass is 293 g/mol. The van der Waals surface area contributed by atoms with Crippen LogP contribution in [0.1, 0.15) is 30.0 Å². The summed E-state index contributed by atoms with van der Waals surface area (Å²) in [5.41, 5.74) is 1.80. The quantitative estimate of drug-likeness (QED) is 0.606. The highest BCUT2D eigenvalue weighted by Gasteiger charge is 2.30. The maximum Gasteiger partial charge on any atom is 0.223 e. The van der Waals surface area contributed by atoms with Crippen LogP contribution in [-0.4, -0.2) is 47.3 Å². The second-order valence-electron chi connectivity index (χ2n) is 5.00. The molecule has 1 amide bonds. The summed E-state index contributed by atoms with van der Waals surface area (Å²) < 4.78 is 5.16. The van der Waals surface area contributed by atoms with Gasteiger partial charge in [0.05, 0.1) is 7.11 Å². The number of benzene rings is 1. The lowest BCUT2D eigenvalue weighted by atomic mass is 9.92. The first-order chi connectivity index (χ1) is 10.1. The molecule has 0 unspecified atom stereocenters. The Bertz CT molecular complexity index is 529. The third kappa shape index (κ3) is 3.40. The number of aldehydes is 1. The van der Waals surface area contributed by atoms with Crippen molar-refractivity contribution in [3.63, 3.8) is 0 Å². The van der Waals surface area contributed by atoms with Crippen LogP contribution in [0.2, 0.25) is 0 Å². The van der Waals surface area contributed by atoms with Crippen molar-refractivity contribution >= 4 is 12.2 Å². The highest BCUT2D eigenvalue weighted by Crippen LogP contribution is 2.31. The second-order valence-corrected chi connectivity index (χ2v) is 5.00. The molecule has 0 radical (unpaired) electrons. The van der Waals surface area contributed by atoms with Crippen LogP contribution in [-0.2, 0) is 16.0 Å². The van der Waals surface area contributed by atoms with Gasteiger partial charge in [-0.2, -0.15) is 0 Å². The molecule has 21 heavy (non-hydrogen) atoms. The van der Waals surface area contributed by atoms with Crippen LogP contribution in [0.5, 0.6) is 5.75 Å². The summed E-state index contributed by atoms with van der Waals surface area (Å²) in [4.78, 5) is 25.0. The minimum absolute atomic E-state index is 0.00744. The highest BCUT2D eigenvalue weighted by molar-refractivity contribution is 5.81. The molecule has 1 heterocycles. The van der Waals surface area contributed by atoms with Gasteiger partial charge in [0.2, 0.25) is 5.91 Å². The number of hydrogen-bond donors (Lipinski definition) is 2. The molecular formula is C15H19NO5. The second kappa shape index (κ2) is 6.69. The van der Waals surface area contributed by atoms with Gasteiger partial charge < -0.3 is 24.6 Å². The molecule has 6 nitrogen and oxygen atoms in total. The van der Waals surface area contributed by atoms with Gasteiger partial charge in [-0.15, -0.1) is 0 Å². The zero-order valence-corrected chi connectivity index (χ0v) is 11.9. The third-order valence-corrected chi connectivity index (χ3v) is 3.69. The maximum atomic E-state index is 12.1. The number of rotatable bonds is 5. The van der Waals surface area contributed by atoms with Crippen LogP contribution in [0.25, 0.3) is 0 Å². The Hall–Kier alpha value is -1.92. The molecule has 114 valence electrons. The van der Waals surface area contributed by atoms with Gasteiger partial charge in [-0.1, -0.05) is 6.07 Å². The van der Waals surface area contributed by atoms with Gasteiger partial charge in [0.15, 0.2) is 6.29 Å². The van der Waals surface area contributed by atoms with Gasteiger partial charge in [-0.25, -0.2) is 0 Å². The van der Waals surface area contributed by atoms with Crippen LogP contribution < -0.4 is 4.74 Å².